The number of nitrogens with one attached hydrogen (secondary N) is 1. The number of hydrogen-bond acceptors (Lipinski definition) is 5. The molecule has 21 heavy (non-hydrogen) atoms. The van der Waals surface area contributed by atoms with Gasteiger partial charge >= 0.3 is 0 Å². The Morgan fingerprint density at radius 3 is 2.81 bits per heavy atom. The van der Waals surface area contributed by atoms with Gasteiger partial charge in [0.25, 0.3) is 0 Å². The standard InChI is InChI=1S/C13H10FN5O2/c14-9-3-5-10(6-4-9)15-12(20)8-19-17-13(16-18-19)11-2-1-7-21-11/h1-7H,8H2,(H,15,20). The molecule has 0 saturated heterocycles. The van der Waals surface area contributed by atoms with Crippen LogP contribution in [0.3, 0.4) is 0 Å². The van der Waals surface area contributed by atoms with Gasteiger partial charge in [0.1, 0.15) is 12.4 Å². The van der Waals surface area contributed by atoms with E-state index in [1.165, 1.54) is 30.5 Å². The van der Waals surface area contributed by atoms with Crippen LogP contribution in [0.5, 0.6) is 0 Å². The summed E-state index contributed by atoms with van der Waals surface area (Å²) in [7, 11) is 0. The minimum absolute atomic E-state index is 0.106. The van der Waals surface area contributed by atoms with Gasteiger partial charge in [-0.15, -0.1) is 10.2 Å². The minimum atomic E-state index is -0.367. The summed E-state index contributed by atoms with van der Waals surface area (Å²) in [5.41, 5.74) is 0.493. The second kappa shape index (κ2) is 5.53. The third-order valence-electron chi connectivity index (χ3n) is 2.61. The Bertz CT molecular complexity index is 736. The number of furan rings is 1. The first-order valence-corrected chi connectivity index (χ1v) is 6.08. The first-order chi connectivity index (χ1) is 10.2. The van der Waals surface area contributed by atoms with Gasteiger partial charge in [0.2, 0.25) is 11.7 Å². The summed E-state index contributed by atoms with van der Waals surface area (Å²) in [6.45, 7) is -0.106. The molecule has 8 heteroatoms. The van der Waals surface area contributed by atoms with Crippen LogP contribution in [-0.2, 0) is 11.3 Å². The van der Waals surface area contributed by atoms with Crippen LogP contribution < -0.4 is 5.32 Å². The van der Waals surface area contributed by atoms with Crippen LogP contribution in [0.15, 0.2) is 47.1 Å². The van der Waals surface area contributed by atoms with Crippen LogP contribution >= 0.6 is 0 Å². The van der Waals surface area contributed by atoms with Gasteiger partial charge in [-0.3, -0.25) is 4.79 Å². The predicted molar refractivity (Wildman–Crippen MR) is 70.5 cm³/mol. The molecular formula is C13H10FN5O2. The molecule has 0 aliphatic rings. The molecule has 0 saturated carbocycles. The number of hydrogen-bond donors (Lipinski definition) is 1. The highest BCUT2D eigenvalue weighted by Crippen LogP contribution is 2.13. The summed E-state index contributed by atoms with van der Waals surface area (Å²) < 4.78 is 17.9. The molecule has 106 valence electrons. The molecule has 0 aliphatic heterocycles. The van der Waals surface area contributed by atoms with E-state index in [1.54, 1.807) is 12.1 Å². The van der Waals surface area contributed by atoms with E-state index in [9.17, 15) is 9.18 Å². The Morgan fingerprint density at radius 1 is 1.29 bits per heavy atom. The van der Waals surface area contributed by atoms with Gasteiger partial charge in [-0.25, -0.2) is 4.39 Å². The lowest BCUT2D eigenvalue weighted by Crippen LogP contribution is -2.20. The highest BCUT2D eigenvalue weighted by atomic mass is 19.1. The van der Waals surface area contributed by atoms with Crippen LogP contribution in [0.1, 0.15) is 0 Å². The molecule has 0 bridgehead atoms. The zero-order valence-electron chi connectivity index (χ0n) is 10.7. The molecule has 0 spiro atoms. The maximum atomic E-state index is 12.8. The number of nitrogens with zero attached hydrogens (tertiary/aromatic N) is 4. The minimum Gasteiger partial charge on any atom is -0.461 e. The molecule has 0 fully saturated rings. The topological polar surface area (TPSA) is 85.8 Å². The maximum absolute atomic E-state index is 12.8. The average molecular weight is 287 g/mol. The lowest BCUT2D eigenvalue weighted by molar-refractivity contribution is -0.117. The molecule has 0 radical (unpaired) electrons. The van der Waals surface area contributed by atoms with E-state index in [2.05, 4.69) is 20.7 Å². The zero-order chi connectivity index (χ0) is 14.7. The van der Waals surface area contributed by atoms with E-state index >= 15 is 0 Å². The summed E-state index contributed by atoms with van der Waals surface area (Å²) in [5.74, 6) is 0.0637. The molecule has 0 unspecified atom stereocenters. The lowest BCUT2D eigenvalue weighted by Gasteiger charge is -2.03. The Morgan fingerprint density at radius 2 is 2.10 bits per heavy atom. The largest absolute Gasteiger partial charge is 0.461 e. The highest BCUT2D eigenvalue weighted by Gasteiger charge is 2.11. The van der Waals surface area contributed by atoms with Crippen molar-refractivity contribution in [3.05, 3.63) is 48.5 Å². The molecule has 0 aliphatic carbocycles. The quantitative estimate of drug-likeness (QED) is 0.789. The van der Waals surface area contributed by atoms with Gasteiger partial charge < -0.3 is 9.73 Å². The number of aromatic nitrogens is 4. The molecule has 3 rings (SSSR count). The number of carbonyl (C=O) groups is 1. The smallest absolute Gasteiger partial charge is 0.248 e. The number of carbonyl (C=O) groups excluding carboxylic acids is 1. The van der Waals surface area contributed by atoms with Gasteiger partial charge in [0.15, 0.2) is 5.76 Å². The molecule has 2 heterocycles. The Labute approximate surface area is 118 Å². The molecular weight excluding hydrogens is 277 g/mol. The van der Waals surface area contributed by atoms with E-state index in [1.807, 2.05) is 0 Å². The van der Waals surface area contributed by atoms with Crippen molar-refractivity contribution < 1.29 is 13.6 Å². The van der Waals surface area contributed by atoms with E-state index in [0.29, 0.717) is 17.3 Å². The van der Waals surface area contributed by atoms with E-state index in [4.69, 9.17) is 4.42 Å². The monoisotopic (exact) mass is 287 g/mol. The number of anilines is 1. The van der Waals surface area contributed by atoms with Crippen molar-refractivity contribution >= 4 is 11.6 Å². The molecule has 0 atom stereocenters. The predicted octanol–water partition coefficient (Wildman–Crippen LogP) is 1.71. The number of benzene rings is 1. The molecule has 2 aromatic heterocycles. The third-order valence-corrected chi connectivity index (χ3v) is 2.61. The normalized spacial score (nSPS) is 10.5. The second-order valence-corrected chi connectivity index (χ2v) is 4.18. The second-order valence-electron chi connectivity index (χ2n) is 4.18. The number of rotatable bonds is 4. The van der Waals surface area contributed by atoms with Crippen molar-refractivity contribution in [1.82, 2.24) is 20.2 Å². The van der Waals surface area contributed by atoms with Crippen LogP contribution in [-0.4, -0.2) is 26.1 Å². The van der Waals surface area contributed by atoms with Crippen molar-refractivity contribution in [3.63, 3.8) is 0 Å². The van der Waals surface area contributed by atoms with E-state index in [-0.39, 0.29) is 18.3 Å². The first kappa shape index (κ1) is 13.0. The Balaban J connectivity index is 1.64. The van der Waals surface area contributed by atoms with Crippen molar-refractivity contribution in [3.8, 4) is 11.6 Å². The van der Waals surface area contributed by atoms with Gasteiger partial charge in [0.05, 0.1) is 6.26 Å². The average Bonchev–Trinajstić information content (AvgIpc) is 3.12. The molecule has 1 aromatic carbocycles. The van der Waals surface area contributed by atoms with E-state index in [0.717, 1.165) is 4.80 Å². The van der Waals surface area contributed by atoms with Gasteiger partial charge in [-0.2, -0.15) is 4.80 Å². The third kappa shape index (κ3) is 3.11. The number of tetrazole rings is 1. The van der Waals surface area contributed by atoms with Crippen LogP contribution in [0.25, 0.3) is 11.6 Å². The molecule has 7 nitrogen and oxygen atoms in total. The first-order valence-electron chi connectivity index (χ1n) is 6.08. The zero-order valence-corrected chi connectivity index (χ0v) is 10.7. The van der Waals surface area contributed by atoms with Gasteiger partial charge in [-0.1, -0.05) is 0 Å². The fraction of sp³-hybridized carbons (Fsp3) is 0.0769. The molecule has 3 aromatic rings. The lowest BCUT2D eigenvalue weighted by atomic mass is 10.3. The number of halogens is 1. The Kier molecular flexibility index (Phi) is 3.42. The fourth-order valence-corrected chi connectivity index (χ4v) is 1.68. The summed E-state index contributed by atoms with van der Waals surface area (Å²) >= 11 is 0. The summed E-state index contributed by atoms with van der Waals surface area (Å²) in [6.07, 6.45) is 1.50. The highest BCUT2D eigenvalue weighted by molar-refractivity contribution is 5.90. The van der Waals surface area contributed by atoms with E-state index < -0.39 is 0 Å². The Hall–Kier alpha value is -3.03. The summed E-state index contributed by atoms with van der Waals surface area (Å²) in [4.78, 5) is 13.0. The maximum Gasteiger partial charge on any atom is 0.248 e. The van der Waals surface area contributed by atoms with Gasteiger partial charge in [-0.05, 0) is 41.6 Å². The van der Waals surface area contributed by atoms with Gasteiger partial charge in [0, 0.05) is 5.69 Å². The molecule has 1 amide bonds. The SMILES string of the molecule is O=C(Cn1nnc(-c2ccco2)n1)Nc1ccc(F)cc1. The van der Waals surface area contributed by atoms with Crippen molar-refractivity contribution in [1.29, 1.82) is 0 Å². The van der Waals surface area contributed by atoms with Crippen LogP contribution in [0.2, 0.25) is 0 Å². The van der Waals surface area contributed by atoms with Crippen LogP contribution in [0, 0.1) is 5.82 Å². The fourth-order valence-electron chi connectivity index (χ4n) is 1.68. The van der Waals surface area contributed by atoms with Crippen molar-refractivity contribution in [2.75, 3.05) is 5.32 Å². The summed E-state index contributed by atoms with van der Waals surface area (Å²) in [6, 6.07) is 8.86. The van der Waals surface area contributed by atoms with Crippen molar-refractivity contribution in [2.24, 2.45) is 0 Å². The number of amides is 1. The molecule has 1 N–H and O–H groups in total. The van der Waals surface area contributed by atoms with Crippen molar-refractivity contribution in [2.45, 2.75) is 6.54 Å². The summed E-state index contributed by atoms with van der Waals surface area (Å²) in [5, 5.41) is 14.2. The van der Waals surface area contributed by atoms with Crippen LogP contribution in [0.4, 0.5) is 10.1 Å².